The number of hydrogen-bond donors (Lipinski definition) is 2. The summed E-state index contributed by atoms with van der Waals surface area (Å²) in [5, 5.41) is 2.25. The molecule has 0 heterocycles. The number of anilines is 2. The second-order valence-electron chi connectivity index (χ2n) is 4.05. The lowest BCUT2D eigenvalue weighted by atomic mass is 10.1. The van der Waals surface area contributed by atoms with Crippen LogP contribution in [0.5, 0.6) is 0 Å². The maximum Gasteiger partial charge on any atom is 0.150 e. The van der Waals surface area contributed by atoms with E-state index in [-0.39, 0.29) is 20.7 Å². The highest BCUT2D eigenvalue weighted by Crippen LogP contribution is 2.32. The second kappa shape index (κ2) is 5.98. The molecule has 0 aromatic heterocycles. The third kappa shape index (κ3) is 3.33. The molecule has 0 radical (unpaired) electrons. The molecule has 0 bridgehead atoms. The van der Waals surface area contributed by atoms with Gasteiger partial charge in [0, 0.05) is 16.1 Å². The summed E-state index contributed by atoms with van der Waals surface area (Å²) in [4.78, 5) is -0.173. The van der Waals surface area contributed by atoms with Crippen LogP contribution in [0.25, 0.3) is 0 Å². The Kier molecular flexibility index (Phi) is 4.48. The third-order valence-electron chi connectivity index (χ3n) is 2.58. The van der Waals surface area contributed by atoms with Gasteiger partial charge in [0.1, 0.15) is 28.1 Å². The molecule has 0 atom stereocenters. The first-order valence-corrected chi connectivity index (χ1v) is 6.70. The van der Waals surface area contributed by atoms with Gasteiger partial charge in [-0.3, -0.25) is 0 Å². The van der Waals surface area contributed by atoms with Gasteiger partial charge in [-0.1, -0.05) is 12.2 Å². The van der Waals surface area contributed by atoms with Crippen LogP contribution in [-0.2, 0) is 0 Å². The normalized spacial score (nSPS) is 10.5. The van der Waals surface area contributed by atoms with Gasteiger partial charge in [0.15, 0.2) is 5.82 Å². The van der Waals surface area contributed by atoms with Gasteiger partial charge < -0.3 is 11.1 Å². The van der Waals surface area contributed by atoms with Gasteiger partial charge in [-0.2, -0.15) is 0 Å². The predicted octanol–water partition coefficient (Wildman–Crippen LogP) is 4.38. The van der Waals surface area contributed by atoms with Crippen LogP contribution < -0.4 is 11.1 Å². The monoisotopic (exact) mass is 378 g/mol. The Labute approximate surface area is 131 Å². The number of halogens is 5. The molecule has 2 nitrogen and oxygen atoms in total. The zero-order valence-electron chi connectivity index (χ0n) is 10.2. The fourth-order valence-electron chi connectivity index (χ4n) is 1.62. The first kappa shape index (κ1) is 15.7. The fourth-order valence-corrected chi connectivity index (χ4v) is 2.25. The SMILES string of the molecule is NC(=S)c1cc(F)c(Nc2c(F)cc(F)cc2Br)c(F)c1. The average Bonchev–Trinajstić information content (AvgIpc) is 2.35. The van der Waals surface area contributed by atoms with E-state index in [4.69, 9.17) is 5.73 Å². The number of thiocarbonyl (C=S) groups is 1. The van der Waals surface area contributed by atoms with Crippen LogP contribution in [0.4, 0.5) is 28.9 Å². The molecule has 3 N–H and O–H groups in total. The first-order chi connectivity index (χ1) is 9.79. The lowest BCUT2D eigenvalue weighted by Crippen LogP contribution is -2.11. The molecule has 0 saturated heterocycles. The van der Waals surface area contributed by atoms with Crippen LogP contribution in [0, 0.1) is 23.3 Å². The summed E-state index contributed by atoms with van der Waals surface area (Å²) in [6.45, 7) is 0. The molecule has 110 valence electrons. The van der Waals surface area contributed by atoms with Crippen LogP contribution >= 0.6 is 28.1 Å². The van der Waals surface area contributed by atoms with Crippen molar-refractivity contribution in [2.24, 2.45) is 5.73 Å². The van der Waals surface area contributed by atoms with E-state index in [1.54, 1.807) is 0 Å². The molecular weight excluding hydrogens is 372 g/mol. The minimum absolute atomic E-state index is 0.00388. The van der Waals surface area contributed by atoms with Gasteiger partial charge in [-0.05, 0) is 34.1 Å². The van der Waals surface area contributed by atoms with E-state index in [0.717, 1.165) is 18.2 Å². The number of nitrogens with one attached hydrogen (secondary N) is 1. The standard InChI is InChI=1S/C13H7BrF4N2S/c14-7-3-6(15)4-10(18)11(7)20-12-8(16)1-5(13(19)21)2-9(12)17/h1-4,20H,(H2,19,21). The quantitative estimate of drug-likeness (QED) is 0.614. The van der Waals surface area contributed by atoms with E-state index in [2.05, 4.69) is 33.5 Å². The number of hydrogen-bond acceptors (Lipinski definition) is 2. The van der Waals surface area contributed by atoms with Crippen molar-refractivity contribution >= 4 is 44.5 Å². The highest BCUT2D eigenvalue weighted by molar-refractivity contribution is 9.10. The Bertz CT molecular complexity index is 690. The number of rotatable bonds is 3. The van der Waals surface area contributed by atoms with E-state index in [9.17, 15) is 17.6 Å². The summed E-state index contributed by atoms with van der Waals surface area (Å²) < 4.78 is 54.3. The van der Waals surface area contributed by atoms with Gasteiger partial charge in [0.2, 0.25) is 0 Å². The largest absolute Gasteiger partial charge is 0.389 e. The van der Waals surface area contributed by atoms with Crippen LogP contribution in [0.3, 0.4) is 0 Å². The molecule has 8 heteroatoms. The lowest BCUT2D eigenvalue weighted by Gasteiger charge is -2.12. The van der Waals surface area contributed by atoms with Gasteiger partial charge in [-0.25, -0.2) is 17.6 Å². The zero-order chi connectivity index (χ0) is 15.7. The van der Waals surface area contributed by atoms with E-state index < -0.39 is 29.0 Å². The minimum Gasteiger partial charge on any atom is -0.389 e. The Morgan fingerprint density at radius 3 is 1.95 bits per heavy atom. The van der Waals surface area contributed by atoms with E-state index in [0.29, 0.717) is 6.07 Å². The molecule has 0 saturated carbocycles. The highest BCUT2D eigenvalue weighted by atomic mass is 79.9. The van der Waals surface area contributed by atoms with Gasteiger partial charge >= 0.3 is 0 Å². The Balaban J connectivity index is 2.48. The van der Waals surface area contributed by atoms with Crippen LogP contribution in [0.1, 0.15) is 5.56 Å². The molecule has 2 aromatic carbocycles. The molecule has 2 aromatic rings. The summed E-state index contributed by atoms with van der Waals surface area (Å²) >= 11 is 7.54. The molecular formula is C13H7BrF4N2S. The van der Waals surface area contributed by atoms with Crippen molar-refractivity contribution in [1.82, 2.24) is 0 Å². The van der Waals surface area contributed by atoms with Crippen molar-refractivity contribution in [2.45, 2.75) is 0 Å². The first-order valence-electron chi connectivity index (χ1n) is 5.50. The fraction of sp³-hybridized carbons (Fsp3) is 0. The maximum absolute atomic E-state index is 13.9. The molecule has 0 aliphatic rings. The van der Waals surface area contributed by atoms with E-state index >= 15 is 0 Å². The minimum atomic E-state index is -1.01. The molecule has 2 rings (SSSR count). The topological polar surface area (TPSA) is 38.0 Å². The third-order valence-corrected chi connectivity index (χ3v) is 3.44. The molecule has 0 aliphatic heterocycles. The summed E-state index contributed by atoms with van der Waals surface area (Å²) in [6.07, 6.45) is 0. The molecule has 0 spiro atoms. The summed E-state index contributed by atoms with van der Waals surface area (Å²) in [7, 11) is 0. The van der Waals surface area contributed by atoms with Crippen molar-refractivity contribution in [3.05, 3.63) is 57.6 Å². The number of benzene rings is 2. The lowest BCUT2D eigenvalue weighted by molar-refractivity contribution is 0.580. The van der Waals surface area contributed by atoms with Gasteiger partial charge in [-0.15, -0.1) is 0 Å². The molecule has 0 amide bonds. The Morgan fingerprint density at radius 1 is 0.952 bits per heavy atom. The summed E-state index contributed by atoms with van der Waals surface area (Å²) in [5.74, 6) is -3.84. The predicted molar refractivity (Wildman–Crippen MR) is 79.6 cm³/mol. The van der Waals surface area contributed by atoms with E-state index in [1.807, 2.05) is 0 Å². The molecule has 0 unspecified atom stereocenters. The van der Waals surface area contributed by atoms with Crippen molar-refractivity contribution < 1.29 is 17.6 Å². The van der Waals surface area contributed by atoms with Crippen molar-refractivity contribution in [3.8, 4) is 0 Å². The Hall–Kier alpha value is -1.67. The smallest absolute Gasteiger partial charge is 0.150 e. The van der Waals surface area contributed by atoms with Gasteiger partial charge in [0.05, 0.1) is 5.69 Å². The highest BCUT2D eigenvalue weighted by Gasteiger charge is 2.16. The maximum atomic E-state index is 13.9. The van der Waals surface area contributed by atoms with Crippen LogP contribution in [0.2, 0.25) is 0 Å². The Morgan fingerprint density at radius 2 is 1.48 bits per heavy atom. The van der Waals surface area contributed by atoms with Crippen molar-refractivity contribution in [1.29, 1.82) is 0 Å². The van der Waals surface area contributed by atoms with Crippen molar-refractivity contribution in [2.75, 3.05) is 5.32 Å². The molecule has 0 fully saturated rings. The van der Waals surface area contributed by atoms with Gasteiger partial charge in [0.25, 0.3) is 0 Å². The number of nitrogens with two attached hydrogens (primary N) is 1. The van der Waals surface area contributed by atoms with E-state index in [1.165, 1.54) is 0 Å². The summed E-state index contributed by atoms with van der Waals surface area (Å²) in [6, 6.07) is 3.39. The van der Waals surface area contributed by atoms with Crippen LogP contribution in [0.15, 0.2) is 28.7 Å². The molecule has 0 aliphatic carbocycles. The van der Waals surface area contributed by atoms with Crippen LogP contribution in [-0.4, -0.2) is 4.99 Å². The average molecular weight is 379 g/mol. The second-order valence-corrected chi connectivity index (χ2v) is 5.34. The van der Waals surface area contributed by atoms with Crippen molar-refractivity contribution in [3.63, 3.8) is 0 Å². The molecule has 21 heavy (non-hydrogen) atoms. The zero-order valence-corrected chi connectivity index (χ0v) is 12.6. The summed E-state index contributed by atoms with van der Waals surface area (Å²) in [5.41, 5.74) is 4.40.